The molecule has 4 heteroatoms. The summed E-state index contributed by atoms with van der Waals surface area (Å²) in [5.74, 6) is 0.971. The average molecular weight is 544 g/mol. The van der Waals surface area contributed by atoms with E-state index in [2.05, 4.69) is 153 Å². The molecule has 3 rings (SSSR count). The molecule has 167 valence electrons. The van der Waals surface area contributed by atoms with Crippen molar-refractivity contribution in [2.45, 2.75) is 39.5 Å². The van der Waals surface area contributed by atoms with Crippen LogP contribution in [0.4, 0.5) is 5.69 Å². The van der Waals surface area contributed by atoms with E-state index in [1.54, 1.807) is 0 Å². The second-order valence-corrected chi connectivity index (χ2v) is 9.46. The van der Waals surface area contributed by atoms with Gasteiger partial charge in [-0.1, -0.05) is 113 Å². The maximum atomic E-state index is 4.49. The molecule has 0 heterocycles. The quantitative estimate of drug-likeness (QED) is 0.244. The van der Waals surface area contributed by atoms with Crippen molar-refractivity contribution in [1.82, 2.24) is 0 Å². The molecule has 0 fully saturated rings. The van der Waals surface area contributed by atoms with Crippen LogP contribution in [0.15, 0.2) is 91.5 Å². The molecule has 31 heavy (non-hydrogen) atoms. The van der Waals surface area contributed by atoms with E-state index in [9.17, 15) is 0 Å². The number of anilines is 1. The summed E-state index contributed by atoms with van der Waals surface area (Å²) in [6.07, 6.45) is 1.50. The van der Waals surface area contributed by atoms with Gasteiger partial charge in [-0.05, 0) is 29.9 Å². The molecule has 0 atom stereocenters. The van der Waals surface area contributed by atoms with E-state index in [-0.39, 0.29) is 0 Å². The number of hydrogen-bond donors (Lipinski definition) is 1. The fourth-order valence-electron chi connectivity index (χ4n) is 3.22. The summed E-state index contributed by atoms with van der Waals surface area (Å²) in [5, 5.41) is 6.67. The summed E-state index contributed by atoms with van der Waals surface area (Å²) < 4.78 is 0. The average Bonchev–Trinajstić information content (AvgIpc) is 2.80. The molecule has 3 aromatic rings. The van der Waals surface area contributed by atoms with Crippen LogP contribution < -0.4 is 15.7 Å². The normalized spacial score (nSPS) is 10.2. The van der Waals surface area contributed by atoms with Crippen LogP contribution in [0.5, 0.6) is 0 Å². The molecule has 0 spiro atoms. The summed E-state index contributed by atoms with van der Waals surface area (Å²) in [6.45, 7) is 15.6. The number of benzene rings is 3. The van der Waals surface area contributed by atoms with Crippen molar-refractivity contribution in [3.05, 3.63) is 110 Å². The molecule has 0 aliphatic heterocycles. The topological polar surface area (TPSA) is 12.0 Å². The Morgan fingerprint density at radius 1 is 0.742 bits per heavy atom. The first-order valence-corrected chi connectivity index (χ1v) is 13.7. The third-order valence-electron chi connectivity index (χ3n) is 4.63. The molecular formula is C27H33ClNPPd+. The van der Waals surface area contributed by atoms with Crippen LogP contribution in [0.1, 0.15) is 50.7 Å². The summed E-state index contributed by atoms with van der Waals surface area (Å²) >= 11 is 2.22. The van der Waals surface area contributed by atoms with Gasteiger partial charge in [0.1, 0.15) is 0 Å². The van der Waals surface area contributed by atoms with E-state index >= 15 is 0 Å². The Bertz CT molecular complexity index is 817. The molecule has 3 aromatic carbocycles. The molecule has 0 aliphatic rings. The number of allylic oxidation sites excluding steroid dienone is 1. The van der Waals surface area contributed by atoms with Gasteiger partial charge in [-0.2, -0.15) is 0 Å². The van der Waals surface area contributed by atoms with Gasteiger partial charge in [0.25, 0.3) is 0 Å². The van der Waals surface area contributed by atoms with E-state index in [0.717, 1.165) is 0 Å². The van der Waals surface area contributed by atoms with Crippen molar-refractivity contribution in [2.75, 3.05) is 5.09 Å². The zero-order chi connectivity index (χ0) is 23.2. The Morgan fingerprint density at radius 2 is 1.10 bits per heavy atom. The van der Waals surface area contributed by atoms with Crippen LogP contribution in [0.25, 0.3) is 0 Å². The van der Waals surface area contributed by atoms with Crippen molar-refractivity contribution in [1.29, 1.82) is 0 Å². The number of halogens is 1. The zero-order valence-corrected chi connectivity index (χ0v) is 22.0. The standard InChI is InChI=1S/C24H28NP.C3H5.ClH.Pd/c1-18(2)22-16-11-17-23(19(3)4)24(22)25-26(20-12-7-5-8-13-20)21-14-9-6-10-15-21;1-3-2;;/h5-19,25H,1-4H3;3H,1-2H2;1H;/q;;;+2/p-1. The third-order valence-corrected chi connectivity index (χ3v) is 6.70. The van der Waals surface area contributed by atoms with Crippen molar-refractivity contribution in [3.63, 3.8) is 0 Å². The molecular weight excluding hydrogens is 511 g/mol. The number of para-hydroxylation sites is 1. The summed E-state index contributed by atoms with van der Waals surface area (Å²) in [5.41, 5.74) is 4.11. The third kappa shape index (κ3) is 8.56. The fourth-order valence-corrected chi connectivity index (χ4v) is 5.20. The molecule has 0 aromatic heterocycles. The predicted molar refractivity (Wildman–Crippen MR) is 139 cm³/mol. The number of nitrogens with one attached hydrogen (secondary N) is 1. The van der Waals surface area contributed by atoms with E-state index in [1.165, 1.54) is 33.5 Å². The van der Waals surface area contributed by atoms with Crippen LogP contribution in [-0.4, -0.2) is 0 Å². The summed E-state index contributed by atoms with van der Waals surface area (Å²) in [6, 6.07) is 28.4. The summed E-state index contributed by atoms with van der Waals surface area (Å²) in [4.78, 5) is 0. The first-order chi connectivity index (χ1) is 15.0. The fraction of sp³-hybridized carbons (Fsp3) is 0.222. The Balaban J connectivity index is 0.000000884. The van der Waals surface area contributed by atoms with E-state index in [0.29, 0.717) is 11.8 Å². The van der Waals surface area contributed by atoms with E-state index < -0.39 is 8.07 Å². The molecule has 0 saturated heterocycles. The van der Waals surface area contributed by atoms with Crippen molar-refractivity contribution >= 4 is 33.9 Å². The van der Waals surface area contributed by atoms with Gasteiger partial charge in [0.15, 0.2) is 0 Å². The minimum atomic E-state index is -0.659. The monoisotopic (exact) mass is 543 g/mol. The number of hydrogen-bond acceptors (Lipinski definition) is 1. The SMILES string of the molecule is CC(C)c1cccc(C(C)C)c1NP(c1ccccc1)c1ccccc1.[CH2]C=C.[Cl][Pd+]. The van der Waals surface area contributed by atoms with Crippen LogP contribution in [0.2, 0.25) is 0 Å². The molecule has 0 aliphatic carbocycles. The Labute approximate surface area is 205 Å². The molecule has 1 N–H and O–H groups in total. The zero-order valence-electron chi connectivity index (χ0n) is 18.8. The van der Waals surface area contributed by atoms with E-state index in [4.69, 9.17) is 0 Å². The Morgan fingerprint density at radius 3 is 1.42 bits per heavy atom. The summed E-state index contributed by atoms with van der Waals surface area (Å²) in [7, 11) is 3.83. The first kappa shape index (κ1) is 27.6. The molecule has 0 saturated carbocycles. The first-order valence-electron chi connectivity index (χ1n) is 10.3. The second-order valence-electron chi connectivity index (χ2n) is 7.53. The second kappa shape index (κ2) is 15.4. The van der Waals surface area contributed by atoms with Crippen LogP contribution in [0.3, 0.4) is 0 Å². The molecule has 1 nitrogen and oxygen atoms in total. The van der Waals surface area contributed by atoms with Crippen molar-refractivity contribution in [2.24, 2.45) is 0 Å². The van der Waals surface area contributed by atoms with Crippen LogP contribution in [0, 0.1) is 6.92 Å². The van der Waals surface area contributed by atoms with Crippen molar-refractivity contribution < 1.29 is 18.2 Å². The van der Waals surface area contributed by atoms with Gasteiger partial charge in [0.05, 0.1) is 8.07 Å². The van der Waals surface area contributed by atoms with E-state index in [1.807, 2.05) is 0 Å². The van der Waals surface area contributed by atoms with Gasteiger partial charge in [-0.15, -0.1) is 6.58 Å². The van der Waals surface area contributed by atoms with Gasteiger partial charge in [-0.25, -0.2) is 0 Å². The maximum absolute atomic E-state index is 4.49. The van der Waals surface area contributed by atoms with Gasteiger partial charge in [0, 0.05) is 16.3 Å². The van der Waals surface area contributed by atoms with Gasteiger partial charge < -0.3 is 5.09 Å². The van der Waals surface area contributed by atoms with Gasteiger partial charge in [-0.3, -0.25) is 0 Å². The van der Waals surface area contributed by atoms with Crippen LogP contribution >= 0.6 is 17.6 Å². The molecule has 1 radical (unpaired) electrons. The molecule has 0 amide bonds. The Hall–Kier alpha value is -1.42. The number of rotatable bonds is 6. The molecule has 0 unspecified atom stereocenters. The van der Waals surface area contributed by atoms with Gasteiger partial charge >= 0.3 is 27.7 Å². The molecule has 0 bridgehead atoms. The minimum absolute atomic E-state index is 0.486. The predicted octanol–water partition coefficient (Wildman–Crippen LogP) is 8.09. The Kier molecular flexibility index (Phi) is 13.7. The van der Waals surface area contributed by atoms with Gasteiger partial charge in [0.2, 0.25) is 0 Å². The van der Waals surface area contributed by atoms with Crippen molar-refractivity contribution in [3.8, 4) is 0 Å². The van der Waals surface area contributed by atoms with Crippen LogP contribution in [-0.2, 0) is 18.2 Å².